The average molecular weight is 311 g/mol. The lowest BCUT2D eigenvalue weighted by Gasteiger charge is -2.45. The fourth-order valence-electron chi connectivity index (χ4n) is 3.79. The molecule has 2 aliphatic heterocycles. The molecular weight excluding hydrogens is 285 g/mol. The van der Waals surface area contributed by atoms with Gasteiger partial charge in [0.15, 0.2) is 5.67 Å². The van der Waals surface area contributed by atoms with Crippen molar-refractivity contribution >= 4 is 11.8 Å². The largest absolute Gasteiger partial charge is 0.340 e. The number of carbonyl (C=O) groups is 2. The maximum absolute atomic E-state index is 13.9. The van der Waals surface area contributed by atoms with E-state index in [-0.39, 0.29) is 17.4 Å². The van der Waals surface area contributed by atoms with Crippen LogP contribution in [-0.2, 0) is 9.59 Å². The van der Waals surface area contributed by atoms with Gasteiger partial charge in [0.1, 0.15) is 0 Å². The van der Waals surface area contributed by atoms with E-state index in [1.165, 1.54) is 0 Å². The van der Waals surface area contributed by atoms with Gasteiger partial charge in [-0.05, 0) is 46.2 Å². The summed E-state index contributed by atoms with van der Waals surface area (Å²) >= 11 is 0. The third-order valence-corrected chi connectivity index (χ3v) is 5.50. The molecule has 0 unspecified atom stereocenters. The van der Waals surface area contributed by atoms with E-state index in [1.54, 1.807) is 4.90 Å². The molecular formula is C16H26FN3O2. The summed E-state index contributed by atoms with van der Waals surface area (Å²) in [6.45, 7) is 2.75. The van der Waals surface area contributed by atoms with Crippen molar-refractivity contribution < 1.29 is 14.0 Å². The summed E-state index contributed by atoms with van der Waals surface area (Å²) in [6.07, 6.45) is 3.81. The molecule has 0 atom stereocenters. The molecule has 1 aliphatic carbocycles. The zero-order chi connectivity index (χ0) is 16.0. The van der Waals surface area contributed by atoms with E-state index >= 15 is 0 Å². The maximum Gasteiger partial charge on any atom is 0.260 e. The lowest BCUT2D eigenvalue weighted by molar-refractivity contribution is -0.142. The van der Waals surface area contributed by atoms with Crippen LogP contribution in [0.4, 0.5) is 4.39 Å². The molecule has 0 radical (unpaired) electrons. The van der Waals surface area contributed by atoms with E-state index in [4.69, 9.17) is 0 Å². The molecule has 3 aliphatic rings. The molecule has 0 aromatic carbocycles. The minimum atomic E-state index is -1.57. The van der Waals surface area contributed by atoms with Crippen molar-refractivity contribution in [3.8, 4) is 0 Å². The molecule has 1 saturated carbocycles. The van der Waals surface area contributed by atoms with Gasteiger partial charge in [0.05, 0.1) is 0 Å². The van der Waals surface area contributed by atoms with E-state index in [9.17, 15) is 14.0 Å². The van der Waals surface area contributed by atoms with Crippen molar-refractivity contribution in [3.05, 3.63) is 0 Å². The SMILES string of the molecule is CN(C)CCN1C(=O)CCC12CCN(C(=O)C1(F)CC1)CC2. The molecule has 2 saturated heterocycles. The maximum atomic E-state index is 13.9. The Kier molecular flexibility index (Phi) is 3.91. The predicted octanol–water partition coefficient (Wildman–Crippen LogP) is 1.03. The highest BCUT2D eigenvalue weighted by molar-refractivity contribution is 5.88. The first-order valence-electron chi connectivity index (χ1n) is 8.30. The highest BCUT2D eigenvalue weighted by Crippen LogP contribution is 2.44. The molecule has 3 rings (SSSR count). The zero-order valence-electron chi connectivity index (χ0n) is 13.6. The van der Waals surface area contributed by atoms with E-state index in [2.05, 4.69) is 4.90 Å². The molecule has 6 heteroatoms. The Balaban J connectivity index is 1.62. The van der Waals surface area contributed by atoms with Crippen LogP contribution < -0.4 is 0 Å². The number of amides is 2. The second kappa shape index (κ2) is 5.48. The van der Waals surface area contributed by atoms with Crippen LogP contribution in [0.5, 0.6) is 0 Å². The van der Waals surface area contributed by atoms with Crippen LogP contribution in [0, 0.1) is 0 Å². The quantitative estimate of drug-likeness (QED) is 0.779. The first-order valence-corrected chi connectivity index (χ1v) is 8.30. The van der Waals surface area contributed by atoms with Crippen LogP contribution in [0.25, 0.3) is 0 Å². The Labute approximate surface area is 131 Å². The van der Waals surface area contributed by atoms with Crippen LogP contribution in [0.1, 0.15) is 38.5 Å². The molecule has 22 heavy (non-hydrogen) atoms. The van der Waals surface area contributed by atoms with Crippen molar-refractivity contribution in [2.45, 2.75) is 49.7 Å². The molecule has 0 aromatic heterocycles. The number of carbonyl (C=O) groups excluding carboxylic acids is 2. The van der Waals surface area contributed by atoms with Crippen LogP contribution in [0.15, 0.2) is 0 Å². The van der Waals surface area contributed by atoms with Crippen molar-refractivity contribution in [1.82, 2.24) is 14.7 Å². The predicted molar refractivity (Wildman–Crippen MR) is 81.1 cm³/mol. The third-order valence-electron chi connectivity index (χ3n) is 5.50. The smallest absolute Gasteiger partial charge is 0.260 e. The van der Waals surface area contributed by atoms with E-state index in [1.807, 2.05) is 19.0 Å². The molecule has 0 N–H and O–H groups in total. The van der Waals surface area contributed by atoms with Gasteiger partial charge in [-0.25, -0.2) is 4.39 Å². The van der Waals surface area contributed by atoms with Crippen LogP contribution >= 0.6 is 0 Å². The molecule has 5 nitrogen and oxygen atoms in total. The molecule has 0 bridgehead atoms. The minimum Gasteiger partial charge on any atom is -0.340 e. The van der Waals surface area contributed by atoms with Gasteiger partial charge >= 0.3 is 0 Å². The summed E-state index contributed by atoms with van der Waals surface area (Å²) in [6, 6.07) is 0. The normalized spacial score (nSPS) is 26.1. The summed E-state index contributed by atoms with van der Waals surface area (Å²) in [5.74, 6) is -0.0997. The minimum absolute atomic E-state index is 0.100. The van der Waals surface area contributed by atoms with Crippen LogP contribution in [0.3, 0.4) is 0 Å². The number of rotatable bonds is 4. The number of likely N-dealkylation sites (tertiary alicyclic amines) is 2. The van der Waals surface area contributed by atoms with Crippen molar-refractivity contribution in [2.24, 2.45) is 0 Å². The molecule has 3 fully saturated rings. The van der Waals surface area contributed by atoms with Crippen LogP contribution in [0.2, 0.25) is 0 Å². The molecule has 1 spiro atoms. The number of halogens is 1. The summed E-state index contributed by atoms with van der Waals surface area (Å²) in [4.78, 5) is 30.1. The van der Waals surface area contributed by atoms with Crippen molar-refractivity contribution in [2.75, 3.05) is 40.3 Å². The highest BCUT2D eigenvalue weighted by Gasteiger charge is 2.54. The first-order chi connectivity index (χ1) is 10.4. The number of alkyl halides is 1. The van der Waals surface area contributed by atoms with Gasteiger partial charge < -0.3 is 14.7 Å². The Morgan fingerprint density at radius 3 is 2.36 bits per heavy atom. The van der Waals surface area contributed by atoms with Gasteiger partial charge in [0.2, 0.25) is 5.91 Å². The number of hydrogen-bond donors (Lipinski definition) is 0. The molecule has 2 amide bonds. The summed E-state index contributed by atoms with van der Waals surface area (Å²) in [5.41, 5.74) is -1.67. The summed E-state index contributed by atoms with van der Waals surface area (Å²) in [5, 5.41) is 0. The first kappa shape index (κ1) is 15.7. The van der Waals surface area contributed by atoms with Gasteiger partial charge in [-0.2, -0.15) is 0 Å². The number of hydrogen-bond acceptors (Lipinski definition) is 3. The Morgan fingerprint density at radius 1 is 1.18 bits per heavy atom. The van der Waals surface area contributed by atoms with Gasteiger partial charge in [-0.3, -0.25) is 9.59 Å². The van der Waals surface area contributed by atoms with Crippen molar-refractivity contribution in [3.63, 3.8) is 0 Å². The monoisotopic (exact) mass is 311 g/mol. The van der Waals surface area contributed by atoms with Gasteiger partial charge in [0.25, 0.3) is 5.91 Å². The van der Waals surface area contributed by atoms with E-state index < -0.39 is 5.67 Å². The number of piperidine rings is 1. The second-order valence-corrected chi connectivity index (χ2v) is 7.33. The van der Waals surface area contributed by atoms with Gasteiger partial charge in [-0.15, -0.1) is 0 Å². The zero-order valence-corrected chi connectivity index (χ0v) is 13.6. The Morgan fingerprint density at radius 2 is 1.82 bits per heavy atom. The number of likely N-dealkylation sites (N-methyl/N-ethyl adjacent to an activating group) is 1. The fraction of sp³-hybridized carbons (Fsp3) is 0.875. The van der Waals surface area contributed by atoms with Gasteiger partial charge in [0, 0.05) is 38.1 Å². The molecule has 2 heterocycles. The fourth-order valence-corrected chi connectivity index (χ4v) is 3.79. The van der Waals surface area contributed by atoms with Crippen molar-refractivity contribution in [1.29, 1.82) is 0 Å². The Hall–Kier alpha value is -1.17. The topological polar surface area (TPSA) is 43.9 Å². The summed E-state index contributed by atoms with van der Waals surface area (Å²) < 4.78 is 13.9. The summed E-state index contributed by atoms with van der Waals surface area (Å²) in [7, 11) is 4.01. The van der Waals surface area contributed by atoms with E-state index in [0.717, 1.165) is 32.4 Å². The second-order valence-electron chi connectivity index (χ2n) is 7.33. The lowest BCUT2D eigenvalue weighted by atomic mass is 9.84. The average Bonchev–Trinajstić information content (AvgIpc) is 3.17. The Bertz CT molecular complexity index is 468. The standard InChI is InChI=1S/C16H26FN3O2/c1-18(2)11-12-20-13(21)3-4-15(20)7-9-19(10-8-15)14(22)16(17)5-6-16/h3-12H2,1-2H3. The third kappa shape index (κ3) is 2.73. The van der Waals surface area contributed by atoms with Crippen LogP contribution in [-0.4, -0.2) is 78.0 Å². The number of nitrogens with zero attached hydrogens (tertiary/aromatic N) is 3. The van der Waals surface area contributed by atoms with Gasteiger partial charge in [-0.1, -0.05) is 0 Å². The lowest BCUT2D eigenvalue weighted by Crippen LogP contribution is -2.56. The molecule has 0 aromatic rings. The van der Waals surface area contributed by atoms with E-state index in [0.29, 0.717) is 32.4 Å². The highest BCUT2D eigenvalue weighted by atomic mass is 19.1. The molecule has 124 valence electrons.